The van der Waals surface area contributed by atoms with Crippen LogP contribution < -0.4 is 4.74 Å². The third kappa shape index (κ3) is 3.32. The van der Waals surface area contributed by atoms with Crippen LogP contribution in [0.15, 0.2) is 82.7 Å². The van der Waals surface area contributed by atoms with Gasteiger partial charge in [-0.3, -0.25) is 0 Å². The van der Waals surface area contributed by atoms with Crippen molar-refractivity contribution in [3.05, 3.63) is 83.4 Å². The highest BCUT2D eigenvalue weighted by molar-refractivity contribution is 7.99. The number of hydrogen-bond donors (Lipinski definition) is 0. The molecule has 0 fully saturated rings. The van der Waals surface area contributed by atoms with Gasteiger partial charge in [0.25, 0.3) is 0 Å². The topological polar surface area (TPSA) is 34.5 Å². The Hall–Kier alpha value is -2.63. The van der Waals surface area contributed by atoms with Crippen LogP contribution in [-0.2, 0) is 0 Å². The number of hydrogen-bond acceptors (Lipinski definition) is 5. The molecule has 28 heavy (non-hydrogen) atoms. The zero-order valence-corrected chi connectivity index (χ0v) is 17.0. The summed E-state index contributed by atoms with van der Waals surface area (Å²) in [6.45, 7) is 0. The predicted octanol–water partition coefficient (Wildman–Crippen LogP) is 6.66. The largest absolute Gasteiger partial charge is 0.497 e. The molecule has 0 radical (unpaired) electrons. The average Bonchev–Trinajstić information content (AvgIpc) is 3.08. The summed E-state index contributed by atoms with van der Waals surface area (Å²) >= 11 is 3.59. The van der Waals surface area contributed by atoms with Crippen molar-refractivity contribution in [1.82, 2.24) is 4.98 Å². The molecule has 2 heterocycles. The van der Waals surface area contributed by atoms with Crippen LogP contribution in [0.4, 0.5) is 5.69 Å². The smallest absolute Gasteiger partial charge is 0.138 e. The highest BCUT2D eigenvalue weighted by atomic mass is 32.2. The number of aliphatic imine (C=N–C) groups is 1. The molecule has 3 aromatic carbocycles. The van der Waals surface area contributed by atoms with E-state index in [1.54, 1.807) is 18.4 Å². The molecular formula is C23H18N2OS2. The summed E-state index contributed by atoms with van der Waals surface area (Å²) in [5, 5.41) is 1.29. The Balaban J connectivity index is 1.59. The molecule has 1 atom stereocenters. The van der Waals surface area contributed by atoms with Gasteiger partial charge < -0.3 is 4.74 Å². The zero-order chi connectivity index (χ0) is 18.9. The summed E-state index contributed by atoms with van der Waals surface area (Å²) in [5.41, 5.74) is 4.39. The second kappa shape index (κ2) is 7.41. The van der Waals surface area contributed by atoms with Crippen LogP contribution in [0.25, 0.3) is 10.2 Å². The van der Waals surface area contributed by atoms with Crippen molar-refractivity contribution >= 4 is 44.7 Å². The fraction of sp³-hybridized carbons (Fsp3) is 0.130. The first-order chi connectivity index (χ1) is 13.8. The van der Waals surface area contributed by atoms with Crippen molar-refractivity contribution in [2.24, 2.45) is 4.99 Å². The minimum absolute atomic E-state index is 0.278. The minimum atomic E-state index is 0.278. The summed E-state index contributed by atoms with van der Waals surface area (Å²) in [5.74, 6) is 0.878. The molecular weight excluding hydrogens is 384 g/mol. The van der Waals surface area contributed by atoms with E-state index in [1.807, 2.05) is 36.0 Å². The maximum atomic E-state index is 5.32. The van der Waals surface area contributed by atoms with Crippen molar-refractivity contribution < 1.29 is 4.74 Å². The van der Waals surface area contributed by atoms with E-state index in [4.69, 9.17) is 14.7 Å². The van der Waals surface area contributed by atoms with E-state index in [-0.39, 0.29) is 5.25 Å². The monoisotopic (exact) mass is 402 g/mol. The lowest BCUT2D eigenvalue weighted by atomic mass is 10.1. The molecule has 0 aliphatic carbocycles. The molecule has 5 heteroatoms. The maximum absolute atomic E-state index is 5.32. The standard InChI is InChI=1S/C23H18N2OS2/c1-26-16-12-10-15(11-13-16)22-14-19(24-17-6-2-4-8-20(17)27-22)23-25-18-7-3-5-9-21(18)28-23/h2-13,22H,14H2,1H3/t22-/m1/s1. The number of thioether (sulfide) groups is 1. The van der Waals surface area contributed by atoms with Gasteiger partial charge in [0, 0.05) is 16.6 Å². The third-order valence-electron chi connectivity index (χ3n) is 4.80. The van der Waals surface area contributed by atoms with Crippen molar-refractivity contribution in [2.45, 2.75) is 16.6 Å². The Kier molecular flexibility index (Phi) is 4.63. The Morgan fingerprint density at radius 2 is 1.71 bits per heavy atom. The lowest BCUT2D eigenvalue weighted by Crippen LogP contribution is -2.05. The fourth-order valence-corrected chi connectivity index (χ4v) is 5.54. The van der Waals surface area contributed by atoms with Crippen LogP contribution in [0.3, 0.4) is 0 Å². The van der Waals surface area contributed by atoms with Gasteiger partial charge in [0.05, 0.1) is 28.7 Å². The summed E-state index contributed by atoms with van der Waals surface area (Å²) in [6.07, 6.45) is 0.839. The van der Waals surface area contributed by atoms with E-state index in [2.05, 4.69) is 48.5 Å². The summed E-state index contributed by atoms with van der Waals surface area (Å²) in [4.78, 5) is 11.1. The molecule has 5 rings (SSSR count). The molecule has 4 aromatic rings. The van der Waals surface area contributed by atoms with Crippen LogP contribution in [0.5, 0.6) is 5.75 Å². The first-order valence-corrected chi connectivity index (χ1v) is 10.8. The van der Waals surface area contributed by atoms with E-state index in [9.17, 15) is 0 Å². The lowest BCUT2D eigenvalue weighted by molar-refractivity contribution is 0.414. The number of aromatic nitrogens is 1. The van der Waals surface area contributed by atoms with Crippen LogP contribution in [0.1, 0.15) is 22.2 Å². The van der Waals surface area contributed by atoms with Gasteiger partial charge >= 0.3 is 0 Å². The summed E-state index contributed by atoms with van der Waals surface area (Å²) < 4.78 is 6.52. The number of thiazole rings is 1. The van der Waals surface area contributed by atoms with Crippen LogP contribution in [-0.4, -0.2) is 17.8 Å². The Morgan fingerprint density at radius 3 is 2.54 bits per heavy atom. The number of nitrogens with zero attached hydrogens (tertiary/aromatic N) is 2. The highest BCUT2D eigenvalue weighted by Crippen LogP contribution is 2.46. The van der Waals surface area contributed by atoms with E-state index >= 15 is 0 Å². The molecule has 3 nitrogen and oxygen atoms in total. The van der Waals surface area contributed by atoms with Crippen molar-refractivity contribution in [3.63, 3.8) is 0 Å². The van der Waals surface area contributed by atoms with Crippen LogP contribution in [0.2, 0.25) is 0 Å². The molecule has 0 saturated carbocycles. The molecule has 0 N–H and O–H groups in total. The molecule has 0 bridgehead atoms. The molecule has 1 aromatic heterocycles. The number of methoxy groups -OCH3 is 1. The van der Waals surface area contributed by atoms with Gasteiger partial charge in [-0.05, 0) is 42.0 Å². The third-order valence-corrected chi connectivity index (χ3v) is 7.20. The Bertz CT molecular complexity index is 1130. The van der Waals surface area contributed by atoms with Gasteiger partial charge in [-0.15, -0.1) is 23.1 Å². The molecule has 0 unspecified atom stereocenters. The number of fused-ring (bicyclic) bond motifs is 2. The van der Waals surface area contributed by atoms with Crippen LogP contribution in [0, 0.1) is 0 Å². The van der Waals surface area contributed by atoms with Gasteiger partial charge in [0.15, 0.2) is 0 Å². The van der Waals surface area contributed by atoms with Crippen molar-refractivity contribution in [3.8, 4) is 5.75 Å². The lowest BCUT2D eigenvalue weighted by Gasteiger charge is -2.16. The molecule has 0 spiro atoms. The Labute approximate surface area is 172 Å². The Morgan fingerprint density at radius 1 is 0.929 bits per heavy atom. The van der Waals surface area contributed by atoms with Crippen molar-refractivity contribution in [2.75, 3.05) is 7.11 Å². The first-order valence-electron chi connectivity index (χ1n) is 9.13. The van der Waals surface area contributed by atoms with Gasteiger partial charge in [0.1, 0.15) is 10.8 Å². The molecule has 1 aliphatic heterocycles. The number of rotatable bonds is 3. The molecule has 0 saturated heterocycles. The van der Waals surface area contributed by atoms with Gasteiger partial charge in [-0.1, -0.05) is 36.4 Å². The normalized spacial score (nSPS) is 16.3. The molecule has 0 amide bonds. The highest BCUT2D eigenvalue weighted by Gasteiger charge is 2.24. The van der Waals surface area contributed by atoms with E-state index in [0.717, 1.165) is 34.1 Å². The average molecular weight is 403 g/mol. The number of para-hydroxylation sites is 2. The fourth-order valence-electron chi connectivity index (χ4n) is 3.35. The molecule has 138 valence electrons. The minimum Gasteiger partial charge on any atom is -0.497 e. The summed E-state index contributed by atoms with van der Waals surface area (Å²) in [6, 6.07) is 25.0. The zero-order valence-electron chi connectivity index (χ0n) is 15.3. The van der Waals surface area contributed by atoms with E-state index in [1.165, 1.54) is 15.2 Å². The van der Waals surface area contributed by atoms with Crippen LogP contribution >= 0.6 is 23.1 Å². The molecule has 1 aliphatic rings. The SMILES string of the molecule is COc1ccc([C@H]2CC(c3nc4ccccc4s3)=Nc3ccccc3S2)cc1. The van der Waals surface area contributed by atoms with E-state index < -0.39 is 0 Å². The first kappa shape index (κ1) is 17.5. The number of benzene rings is 3. The second-order valence-electron chi connectivity index (χ2n) is 6.60. The van der Waals surface area contributed by atoms with Crippen molar-refractivity contribution in [1.29, 1.82) is 0 Å². The number of ether oxygens (including phenoxy) is 1. The maximum Gasteiger partial charge on any atom is 0.138 e. The predicted molar refractivity (Wildman–Crippen MR) is 118 cm³/mol. The van der Waals surface area contributed by atoms with Gasteiger partial charge in [0.2, 0.25) is 0 Å². The van der Waals surface area contributed by atoms with Gasteiger partial charge in [-0.2, -0.15) is 0 Å². The quantitative estimate of drug-likeness (QED) is 0.384. The summed E-state index contributed by atoms with van der Waals surface area (Å²) in [7, 11) is 1.70. The van der Waals surface area contributed by atoms with Gasteiger partial charge in [-0.25, -0.2) is 9.98 Å². The van der Waals surface area contributed by atoms with E-state index in [0.29, 0.717) is 0 Å². The second-order valence-corrected chi connectivity index (χ2v) is 8.87.